The third-order valence-electron chi connectivity index (χ3n) is 3.62. The van der Waals surface area contributed by atoms with Crippen molar-refractivity contribution < 1.29 is 13.2 Å². The number of aromatic nitrogens is 3. The van der Waals surface area contributed by atoms with Crippen LogP contribution in [-0.2, 0) is 0 Å². The quantitative estimate of drug-likeness (QED) is 0.631. The number of hydrogen-bond donors (Lipinski definition) is 0. The first-order valence-electron chi connectivity index (χ1n) is 7.39. The van der Waals surface area contributed by atoms with Crippen LogP contribution in [0.15, 0.2) is 67.3 Å². The second kappa shape index (κ2) is 7.11. The summed E-state index contributed by atoms with van der Waals surface area (Å²) in [7, 11) is 0. The van der Waals surface area contributed by atoms with E-state index >= 15 is 0 Å². The molecule has 1 atom stereocenters. The Bertz CT molecular complexity index is 856. The van der Waals surface area contributed by atoms with Crippen LogP contribution in [0.5, 0.6) is 0 Å². The molecule has 1 unspecified atom stereocenters. The number of nitrogens with zero attached hydrogens (tertiary/aromatic N) is 3. The highest BCUT2D eigenvalue weighted by molar-refractivity contribution is 6.30. The Morgan fingerprint density at radius 3 is 2.44 bits per heavy atom. The topological polar surface area (TPSA) is 30.7 Å². The number of alkyl halides is 3. The number of halogens is 4. The zero-order valence-electron chi connectivity index (χ0n) is 12.9. The van der Waals surface area contributed by atoms with Crippen LogP contribution < -0.4 is 0 Å². The highest BCUT2D eigenvalue weighted by Gasteiger charge is 2.38. The van der Waals surface area contributed by atoms with E-state index < -0.39 is 12.1 Å². The van der Waals surface area contributed by atoms with Crippen LogP contribution in [0.1, 0.15) is 17.0 Å². The fraction of sp³-hybridized carbons (Fsp3) is 0.111. The summed E-state index contributed by atoms with van der Waals surface area (Å²) in [5.74, 6) is -1.72. The van der Waals surface area contributed by atoms with Crippen molar-refractivity contribution in [2.24, 2.45) is 0 Å². The van der Waals surface area contributed by atoms with Crippen molar-refractivity contribution in [2.45, 2.75) is 12.1 Å². The summed E-state index contributed by atoms with van der Waals surface area (Å²) in [6.45, 7) is 0. The lowest BCUT2D eigenvalue weighted by Gasteiger charge is -2.17. The first-order chi connectivity index (χ1) is 11.9. The minimum Gasteiger partial charge on any atom is -0.223 e. The molecular weight excluding hydrogens is 351 g/mol. The van der Waals surface area contributed by atoms with Gasteiger partial charge >= 0.3 is 6.18 Å². The smallest absolute Gasteiger partial charge is 0.223 e. The molecule has 7 heteroatoms. The standard InChI is InChI=1S/C18H13ClF3N3/c19-15-3-1-2-14(10-15)17(18(20,21)22)9-6-13-4-7-16(8-5-13)25-12-23-11-24-25/h1-12,17H/b9-6+. The van der Waals surface area contributed by atoms with Gasteiger partial charge in [-0.25, -0.2) is 9.67 Å². The Morgan fingerprint density at radius 2 is 1.84 bits per heavy atom. The van der Waals surface area contributed by atoms with Gasteiger partial charge in [-0.05, 0) is 35.4 Å². The van der Waals surface area contributed by atoms with Gasteiger partial charge in [-0.15, -0.1) is 0 Å². The molecule has 1 aromatic heterocycles. The maximum absolute atomic E-state index is 13.4. The predicted molar refractivity (Wildman–Crippen MR) is 90.6 cm³/mol. The van der Waals surface area contributed by atoms with Crippen LogP contribution in [0.3, 0.4) is 0 Å². The second-order valence-electron chi connectivity index (χ2n) is 5.36. The molecule has 3 rings (SSSR count). The van der Waals surface area contributed by atoms with Gasteiger partial charge in [0.1, 0.15) is 12.7 Å². The minimum absolute atomic E-state index is 0.107. The van der Waals surface area contributed by atoms with E-state index in [1.807, 2.05) is 0 Å². The van der Waals surface area contributed by atoms with E-state index in [2.05, 4.69) is 10.1 Å². The Hall–Kier alpha value is -2.60. The van der Waals surface area contributed by atoms with Gasteiger partial charge in [0.05, 0.1) is 11.6 Å². The maximum Gasteiger partial charge on any atom is 0.399 e. The molecule has 0 amide bonds. The van der Waals surface area contributed by atoms with Gasteiger partial charge in [-0.2, -0.15) is 18.3 Å². The fourth-order valence-electron chi connectivity index (χ4n) is 2.40. The molecule has 0 aliphatic heterocycles. The predicted octanol–water partition coefficient (Wildman–Crippen LogP) is 5.28. The third-order valence-corrected chi connectivity index (χ3v) is 3.85. The lowest BCUT2D eigenvalue weighted by Crippen LogP contribution is -2.18. The second-order valence-corrected chi connectivity index (χ2v) is 5.80. The first-order valence-corrected chi connectivity index (χ1v) is 7.77. The summed E-state index contributed by atoms with van der Waals surface area (Å²) in [4.78, 5) is 3.85. The van der Waals surface area contributed by atoms with E-state index in [1.54, 1.807) is 41.3 Å². The zero-order valence-corrected chi connectivity index (χ0v) is 13.6. The average molecular weight is 364 g/mol. The van der Waals surface area contributed by atoms with Crippen LogP contribution in [0.2, 0.25) is 5.02 Å². The van der Waals surface area contributed by atoms with Gasteiger partial charge in [0.2, 0.25) is 0 Å². The number of hydrogen-bond acceptors (Lipinski definition) is 2. The molecule has 1 heterocycles. The molecule has 0 fully saturated rings. The van der Waals surface area contributed by atoms with Crippen LogP contribution in [0.4, 0.5) is 13.2 Å². The monoisotopic (exact) mass is 363 g/mol. The summed E-state index contributed by atoms with van der Waals surface area (Å²) >= 11 is 5.82. The molecule has 2 aromatic carbocycles. The Morgan fingerprint density at radius 1 is 1.08 bits per heavy atom. The Kier molecular flexibility index (Phi) is 4.90. The van der Waals surface area contributed by atoms with Crippen molar-refractivity contribution in [3.63, 3.8) is 0 Å². The van der Waals surface area contributed by atoms with Gasteiger partial charge in [-0.3, -0.25) is 0 Å². The van der Waals surface area contributed by atoms with Crippen LogP contribution in [-0.4, -0.2) is 20.9 Å². The first kappa shape index (κ1) is 17.2. The number of rotatable bonds is 4. The SMILES string of the molecule is FC(F)(F)C(/C=C/c1ccc(-n2cncn2)cc1)c1cccc(Cl)c1. The number of allylic oxidation sites excluding steroid dienone is 1. The fourth-order valence-corrected chi connectivity index (χ4v) is 2.60. The molecule has 0 aliphatic carbocycles. The van der Waals surface area contributed by atoms with E-state index in [0.717, 1.165) is 11.8 Å². The molecule has 0 saturated carbocycles. The molecule has 0 radical (unpaired) electrons. The largest absolute Gasteiger partial charge is 0.399 e. The van der Waals surface area contributed by atoms with Gasteiger partial charge in [0, 0.05) is 5.02 Å². The molecular formula is C18H13ClF3N3. The maximum atomic E-state index is 13.4. The van der Waals surface area contributed by atoms with E-state index in [0.29, 0.717) is 5.56 Å². The van der Waals surface area contributed by atoms with Gasteiger partial charge < -0.3 is 0 Å². The van der Waals surface area contributed by atoms with E-state index in [4.69, 9.17) is 11.6 Å². The van der Waals surface area contributed by atoms with E-state index in [-0.39, 0.29) is 10.6 Å². The molecule has 128 valence electrons. The van der Waals surface area contributed by atoms with Gasteiger partial charge in [0.15, 0.2) is 0 Å². The van der Waals surface area contributed by atoms with Crippen molar-refractivity contribution in [3.05, 3.63) is 83.4 Å². The summed E-state index contributed by atoms with van der Waals surface area (Å²) in [5, 5.41) is 4.27. The van der Waals surface area contributed by atoms with Gasteiger partial charge in [0.25, 0.3) is 0 Å². The van der Waals surface area contributed by atoms with Crippen LogP contribution >= 0.6 is 11.6 Å². The van der Waals surface area contributed by atoms with Crippen molar-refractivity contribution in [1.82, 2.24) is 14.8 Å². The van der Waals surface area contributed by atoms with Crippen molar-refractivity contribution in [2.75, 3.05) is 0 Å². The summed E-state index contributed by atoms with van der Waals surface area (Å²) in [6, 6.07) is 12.8. The molecule has 0 saturated heterocycles. The van der Waals surface area contributed by atoms with Crippen LogP contribution in [0, 0.1) is 0 Å². The van der Waals surface area contributed by atoms with Crippen molar-refractivity contribution in [3.8, 4) is 5.69 Å². The molecule has 25 heavy (non-hydrogen) atoms. The highest BCUT2D eigenvalue weighted by Crippen LogP contribution is 2.37. The molecule has 0 bridgehead atoms. The molecule has 3 nitrogen and oxygen atoms in total. The summed E-state index contributed by atoms with van der Waals surface area (Å²) in [6.07, 6.45) is 1.14. The number of benzene rings is 2. The van der Waals surface area contributed by atoms with E-state index in [9.17, 15) is 13.2 Å². The normalized spacial score (nSPS) is 13.3. The van der Waals surface area contributed by atoms with Crippen molar-refractivity contribution >= 4 is 17.7 Å². The molecule has 0 aliphatic rings. The summed E-state index contributed by atoms with van der Waals surface area (Å²) in [5.41, 5.74) is 1.53. The average Bonchev–Trinajstić information content (AvgIpc) is 3.09. The Balaban J connectivity index is 1.84. The molecule has 3 aromatic rings. The summed E-state index contributed by atoms with van der Waals surface area (Å²) < 4.78 is 41.7. The third kappa shape index (κ3) is 4.28. The van der Waals surface area contributed by atoms with E-state index in [1.165, 1.54) is 30.6 Å². The Labute approximate surface area is 147 Å². The minimum atomic E-state index is -4.40. The lowest BCUT2D eigenvalue weighted by atomic mass is 9.97. The highest BCUT2D eigenvalue weighted by atomic mass is 35.5. The van der Waals surface area contributed by atoms with Crippen LogP contribution in [0.25, 0.3) is 11.8 Å². The molecule has 0 N–H and O–H groups in total. The lowest BCUT2D eigenvalue weighted by molar-refractivity contribution is -0.139. The zero-order chi connectivity index (χ0) is 17.9. The molecule has 0 spiro atoms. The van der Waals surface area contributed by atoms with Crippen molar-refractivity contribution in [1.29, 1.82) is 0 Å². The van der Waals surface area contributed by atoms with Gasteiger partial charge in [-0.1, -0.05) is 48.0 Å².